The van der Waals surface area contributed by atoms with Gasteiger partial charge in [-0.15, -0.1) is 0 Å². The van der Waals surface area contributed by atoms with E-state index in [9.17, 15) is 9.32 Å². The maximum Gasteiger partial charge on any atom is 0.145 e. The smallest absolute Gasteiger partial charge is 0.145 e. The molecule has 2 N–H and O–H groups in total. The molecule has 0 saturated carbocycles. The minimum absolute atomic E-state index is 0.114. The second-order valence-corrected chi connectivity index (χ2v) is 7.42. The number of hydrogen-bond donors (Lipinski definition) is 2. The first-order valence-electron chi connectivity index (χ1n) is 8.28. The van der Waals surface area contributed by atoms with Gasteiger partial charge in [0.25, 0.3) is 0 Å². The Bertz CT molecular complexity index is 791. The molecule has 3 rings (SSSR count). The normalized spacial score (nSPS) is 18.1. The highest BCUT2D eigenvalue weighted by atomic mass is 32.2. The first kappa shape index (κ1) is 17.8. The Morgan fingerprint density at radius 2 is 2.16 bits per heavy atom. The molecule has 1 aromatic carbocycles. The zero-order chi connectivity index (χ0) is 17.9. The minimum Gasteiger partial charge on any atom is -0.492 e. The lowest BCUT2D eigenvalue weighted by atomic mass is 9.93. The van der Waals surface area contributed by atoms with Gasteiger partial charge in [0.05, 0.1) is 34.3 Å². The first-order valence-corrected chi connectivity index (χ1v) is 9.66. The van der Waals surface area contributed by atoms with Gasteiger partial charge in [-0.2, -0.15) is 0 Å². The molecule has 1 atom stereocenters. The highest BCUT2D eigenvalue weighted by Crippen LogP contribution is 2.32. The van der Waals surface area contributed by atoms with Crippen LogP contribution in [0.4, 0.5) is 5.82 Å². The van der Waals surface area contributed by atoms with Crippen molar-refractivity contribution in [2.75, 3.05) is 30.3 Å². The van der Waals surface area contributed by atoms with E-state index in [1.807, 2.05) is 25.1 Å². The number of hydrogen-bond acceptors (Lipinski definition) is 7. The maximum absolute atomic E-state index is 11.6. The van der Waals surface area contributed by atoms with E-state index in [-0.39, 0.29) is 5.75 Å². The summed E-state index contributed by atoms with van der Waals surface area (Å²) in [6.45, 7) is 3.72. The Labute approximate surface area is 149 Å². The van der Waals surface area contributed by atoms with E-state index in [0.717, 1.165) is 28.0 Å². The fraction of sp³-hybridized carbons (Fsp3) is 0.471. The van der Waals surface area contributed by atoms with Gasteiger partial charge in [0.2, 0.25) is 0 Å². The zero-order valence-electron chi connectivity index (χ0n) is 14.1. The Morgan fingerprint density at radius 3 is 2.84 bits per heavy atom. The molecule has 1 aromatic heterocycles. The second kappa shape index (κ2) is 7.45. The van der Waals surface area contributed by atoms with Crippen molar-refractivity contribution in [3.8, 4) is 5.75 Å². The minimum atomic E-state index is -1.42. The van der Waals surface area contributed by atoms with Gasteiger partial charge in [0, 0.05) is 18.5 Å². The molecule has 134 valence electrons. The molecule has 0 bridgehead atoms. The predicted molar refractivity (Wildman–Crippen MR) is 98.9 cm³/mol. The maximum atomic E-state index is 11.6. The number of nitrogens with zero attached hydrogens (tertiary/aromatic N) is 3. The number of fused-ring (bicyclic) bond motifs is 1. The molecule has 1 fully saturated rings. The van der Waals surface area contributed by atoms with Crippen molar-refractivity contribution in [3.05, 3.63) is 24.5 Å². The number of aromatic nitrogens is 2. The van der Waals surface area contributed by atoms with Crippen molar-refractivity contribution in [3.63, 3.8) is 0 Å². The van der Waals surface area contributed by atoms with Gasteiger partial charge in [-0.05, 0) is 31.9 Å². The van der Waals surface area contributed by atoms with Crippen molar-refractivity contribution in [2.24, 2.45) is 0 Å². The predicted octanol–water partition coefficient (Wildman–Crippen LogP) is 1.72. The molecule has 7 nitrogen and oxygen atoms in total. The Balaban J connectivity index is 1.83. The fourth-order valence-corrected chi connectivity index (χ4v) is 4.06. The molecule has 25 heavy (non-hydrogen) atoms. The van der Waals surface area contributed by atoms with Crippen LogP contribution in [0.1, 0.15) is 19.8 Å². The number of rotatable bonds is 6. The lowest BCUT2D eigenvalue weighted by Gasteiger charge is -2.38. The lowest BCUT2D eigenvalue weighted by Crippen LogP contribution is -2.47. The summed E-state index contributed by atoms with van der Waals surface area (Å²) in [5.41, 5.74) is 0.676. The van der Waals surface area contributed by atoms with Crippen LogP contribution in [0.25, 0.3) is 10.9 Å². The quantitative estimate of drug-likeness (QED) is 0.599. The molecule has 8 heteroatoms. The van der Waals surface area contributed by atoms with E-state index >= 15 is 0 Å². The average molecular weight is 362 g/mol. The van der Waals surface area contributed by atoms with Crippen LogP contribution in [0.15, 0.2) is 24.5 Å². The van der Waals surface area contributed by atoms with E-state index in [1.54, 1.807) is 0 Å². The molecule has 0 amide bonds. The molecule has 0 spiro atoms. The third-order valence-corrected chi connectivity index (χ3v) is 5.53. The van der Waals surface area contributed by atoms with Crippen LogP contribution in [-0.4, -0.2) is 55.9 Å². The van der Waals surface area contributed by atoms with Crippen LogP contribution in [0.5, 0.6) is 5.75 Å². The van der Waals surface area contributed by atoms with Gasteiger partial charge in [0.1, 0.15) is 23.4 Å². The number of aliphatic hydroxyl groups is 1. The van der Waals surface area contributed by atoms with Crippen molar-refractivity contribution in [1.29, 1.82) is 5.41 Å². The number of nitrogens with one attached hydrogen (secondary N) is 1. The first-order chi connectivity index (χ1) is 12.1. The number of para-hydroxylation sites is 1. The molecular weight excluding hydrogens is 340 g/mol. The summed E-state index contributed by atoms with van der Waals surface area (Å²) in [6.07, 6.45) is 2.51. The van der Waals surface area contributed by atoms with Gasteiger partial charge in [-0.1, -0.05) is 6.07 Å². The molecule has 1 saturated heterocycles. The topological polar surface area (TPSA) is 99.4 Å². The average Bonchev–Trinajstić information content (AvgIpc) is 2.62. The van der Waals surface area contributed by atoms with Crippen molar-refractivity contribution in [1.82, 2.24) is 9.97 Å². The summed E-state index contributed by atoms with van der Waals surface area (Å²) in [4.78, 5) is 10.9. The van der Waals surface area contributed by atoms with E-state index < -0.39 is 16.4 Å². The standard InChI is InChI=1S/C17H22N4O3S/c1-2-24-14-5-3-4-13-15(14)19-12-20-16(13)21-8-6-17(22,7-9-21)10-25(23)11-18/h3-5,11-12,18,22H,2,6-10H2,1H3. The lowest BCUT2D eigenvalue weighted by molar-refractivity contribution is 0.0393. The largest absolute Gasteiger partial charge is 0.492 e. The SMILES string of the molecule is CCOc1cccc2c(N3CCC(O)(CS(=O)C=N)CC3)ncnc12. The highest BCUT2D eigenvalue weighted by Gasteiger charge is 2.34. The Morgan fingerprint density at radius 1 is 1.40 bits per heavy atom. The molecule has 2 aromatic rings. The van der Waals surface area contributed by atoms with Gasteiger partial charge < -0.3 is 14.7 Å². The molecule has 1 aliphatic rings. The summed E-state index contributed by atoms with van der Waals surface area (Å²) in [6, 6.07) is 5.79. The molecule has 0 aliphatic carbocycles. The Kier molecular flexibility index (Phi) is 5.29. The highest BCUT2D eigenvalue weighted by molar-refractivity contribution is 7.98. The van der Waals surface area contributed by atoms with Gasteiger partial charge in [0.15, 0.2) is 0 Å². The summed E-state index contributed by atoms with van der Waals surface area (Å²) < 4.78 is 17.2. The second-order valence-electron chi connectivity index (χ2n) is 6.14. The molecule has 1 aliphatic heterocycles. The van der Waals surface area contributed by atoms with Crippen LogP contribution in [0.3, 0.4) is 0 Å². The van der Waals surface area contributed by atoms with Crippen LogP contribution in [0.2, 0.25) is 0 Å². The van der Waals surface area contributed by atoms with Crippen LogP contribution < -0.4 is 9.64 Å². The van der Waals surface area contributed by atoms with Crippen molar-refractivity contribution >= 4 is 33.1 Å². The van der Waals surface area contributed by atoms with Crippen molar-refractivity contribution in [2.45, 2.75) is 25.4 Å². The van der Waals surface area contributed by atoms with Gasteiger partial charge in [-0.25, -0.2) is 9.97 Å². The van der Waals surface area contributed by atoms with Crippen LogP contribution in [0, 0.1) is 5.41 Å². The molecular formula is C17H22N4O3S. The molecule has 1 unspecified atom stereocenters. The number of piperidine rings is 1. The van der Waals surface area contributed by atoms with E-state index in [4.69, 9.17) is 10.1 Å². The number of benzene rings is 1. The Hall–Kier alpha value is -2.06. The van der Waals surface area contributed by atoms with Gasteiger partial charge in [-0.3, -0.25) is 9.62 Å². The third-order valence-electron chi connectivity index (χ3n) is 4.44. The number of anilines is 1. The van der Waals surface area contributed by atoms with E-state index in [1.165, 1.54) is 6.33 Å². The van der Waals surface area contributed by atoms with Crippen LogP contribution in [-0.2, 0) is 10.8 Å². The van der Waals surface area contributed by atoms with Crippen molar-refractivity contribution < 1.29 is 14.1 Å². The fourth-order valence-electron chi connectivity index (χ4n) is 3.16. The summed E-state index contributed by atoms with van der Waals surface area (Å²) in [7, 11) is -1.42. The summed E-state index contributed by atoms with van der Waals surface area (Å²) >= 11 is 0. The number of ether oxygens (including phenoxy) is 1. The zero-order valence-corrected chi connectivity index (χ0v) is 15.0. The van der Waals surface area contributed by atoms with Crippen LogP contribution >= 0.6 is 0 Å². The summed E-state index contributed by atoms with van der Waals surface area (Å²) in [5, 5.41) is 18.6. The third kappa shape index (κ3) is 3.80. The van der Waals surface area contributed by atoms with Gasteiger partial charge >= 0.3 is 0 Å². The van der Waals surface area contributed by atoms with E-state index in [2.05, 4.69) is 14.9 Å². The monoisotopic (exact) mass is 362 g/mol. The summed E-state index contributed by atoms with van der Waals surface area (Å²) in [5.74, 6) is 1.67. The molecule has 2 heterocycles. The molecule has 0 radical (unpaired) electrons. The van der Waals surface area contributed by atoms with E-state index in [0.29, 0.717) is 32.5 Å².